The van der Waals surface area contributed by atoms with E-state index >= 15 is 0 Å². The van der Waals surface area contributed by atoms with Crippen LogP contribution >= 0.6 is 15.9 Å². The zero-order valence-corrected chi connectivity index (χ0v) is 15.6. The topological polar surface area (TPSA) is 38.8 Å². The molecule has 0 bridgehead atoms. The molecule has 1 atom stereocenters. The van der Waals surface area contributed by atoms with Crippen molar-refractivity contribution in [1.82, 2.24) is 4.90 Å². The van der Waals surface area contributed by atoms with Crippen molar-refractivity contribution in [3.05, 3.63) is 34.1 Å². The molecule has 1 heterocycles. The molecular weight excluding hydrogens is 365 g/mol. The number of hydrogen-bond acceptors (Lipinski definition) is 3. The van der Waals surface area contributed by atoms with Gasteiger partial charge in [0, 0.05) is 6.54 Å². The Morgan fingerprint density at radius 3 is 2.78 bits per heavy atom. The van der Waals surface area contributed by atoms with Gasteiger partial charge in [-0.25, -0.2) is 9.18 Å². The number of halogens is 2. The number of carbonyl (C=O) groups excluding carboxylic acids is 1. The van der Waals surface area contributed by atoms with Crippen LogP contribution in [-0.4, -0.2) is 35.3 Å². The molecule has 0 spiro atoms. The Morgan fingerprint density at radius 2 is 2.13 bits per heavy atom. The first kappa shape index (κ1) is 18.2. The van der Waals surface area contributed by atoms with Gasteiger partial charge in [-0.05, 0) is 61.7 Å². The Labute approximate surface area is 145 Å². The summed E-state index contributed by atoms with van der Waals surface area (Å²) in [4.78, 5) is 13.8. The van der Waals surface area contributed by atoms with Crippen molar-refractivity contribution in [1.29, 1.82) is 0 Å². The fourth-order valence-electron chi connectivity index (χ4n) is 2.45. The number of rotatable bonds is 3. The van der Waals surface area contributed by atoms with Crippen LogP contribution in [0.5, 0.6) is 0 Å². The summed E-state index contributed by atoms with van der Waals surface area (Å²) in [5.41, 5.74) is -0.214. The van der Waals surface area contributed by atoms with Gasteiger partial charge in [0.2, 0.25) is 0 Å². The lowest BCUT2D eigenvalue weighted by atomic mass is 10.1. The standard InChI is InChI=1S/C17H23BrFNO3/c1-16(2,3)23-15(21)20-9-8-17(4,11-20)22-10-12-6-5-7-13(19)14(12)18/h5-7H,8-11H2,1-4H3. The summed E-state index contributed by atoms with van der Waals surface area (Å²) in [5, 5.41) is 0. The van der Waals surface area contributed by atoms with Crippen molar-refractivity contribution in [2.75, 3.05) is 13.1 Å². The minimum absolute atomic E-state index is 0.289. The van der Waals surface area contributed by atoms with E-state index in [0.717, 1.165) is 12.0 Å². The SMILES string of the molecule is CC(C)(C)OC(=O)N1CCC(C)(OCc2cccc(F)c2Br)C1. The predicted octanol–water partition coefficient (Wildman–Crippen LogP) is 4.50. The van der Waals surface area contributed by atoms with Crippen LogP contribution in [0.3, 0.4) is 0 Å². The highest BCUT2D eigenvalue weighted by Gasteiger charge is 2.38. The number of nitrogens with zero attached hydrogens (tertiary/aromatic N) is 1. The van der Waals surface area contributed by atoms with E-state index in [4.69, 9.17) is 9.47 Å². The van der Waals surface area contributed by atoms with Gasteiger partial charge in [-0.2, -0.15) is 0 Å². The number of carbonyl (C=O) groups is 1. The summed E-state index contributed by atoms with van der Waals surface area (Å²) < 4.78 is 25.3. The van der Waals surface area contributed by atoms with E-state index in [0.29, 0.717) is 17.6 Å². The molecule has 0 saturated carbocycles. The van der Waals surface area contributed by atoms with E-state index in [2.05, 4.69) is 15.9 Å². The second-order valence-electron chi connectivity index (χ2n) is 7.10. The molecule has 0 aromatic heterocycles. The van der Waals surface area contributed by atoms with E-state index in [1.165, 1.54) is 6.07 Å². The fraction of sp³-hybridized carbons (Fsp3) is 0.588. The van der Waals surface area contributed by atoms with Crippen molar-refractivity contribution in [3.63, 3.8) is 0 Å². The van der Waals surface area contributed by atoms with Crippen molar-refractivity contribution in [2.45, 2.75) is 51.9 Å². The van der Waals surface area contributed by atoms with Gasteiger partial charge >= 0.3 is 6.09 Å². The van der Waals surface area contributed by atoms with Crippen molar-refractivity contribution in [3.8, 4) is 0 Å². The summed E-state index contributed by atoms with van der Waals surface area (Å²) >= 11 is 3.24. The fourth-order valence-corrected chi connectivity index (χ4v) is 2.82. The maximum absolute atomic E-state index is 13.5. The zero-order valence-electron chi connectivity index (χ0n) is 14.0. The van der Waals surface area contributed by atoms with Gasteiger partial charge in [0.15, 0.2) is 0 Å². The highest BCUT2D eigenvalue weighted by molar-refractivity contribution is 9.10. The van der Waals surface area contributed by atoms with Gasteiger partial charge in [0.1, 0.15) is 11.4 Å². The van der Waals surface area contributed by atoms with Crippen molar-refractivity contribution in [2.24, 2.45) is 0 Å². The quantitative estimate of drug-likeness (QED) is 0.765. The van der Waals surface area contributed by atoms with E-state index < -0.39 is 11.2 Å². The maximum Gasteiger partial charge on any atom is 0.410 e. The molecule has 1 saturated heterocycles. The molecule has 128 valence electrons. The van der Waals surface area contributed by atoms with Gasteiger partial charge < -0.3 is 14.4 Å². The van der Waals surface area contributed by atoms with Crippen LogP contribution in [0, 0.1) is 5.82 Å². The molecule has 1 unspecified atom stereocenters. The van der Waals surface area contributed by atoms with Crippen LogP contribution < -0.4 is 0 Å². The molecule has 1 aromatic rings. The van der Waals surface area contributed by atoms with Gasteiger partial charge in [-0.15, -0.1) is 0 Å². The summed E-state index contributed by atoms with van der Waals surface area (Å²) in [6.45, 7) is 8.85. The van der Waals surface area contributed by atoms with Crippen molar-refractivity contribution < 1.29 is 18.7 Å². The van der Waals surface area contributed by atoms with Gasteiger partial charge in [-0.3, -0.25) is 0 Å². The smallest absolute Gasteiger partial charge is 0.410 e. The second kappa shape index (κ2) is 6.77. The number of likely N-dealkylation sites (tertiary alicyclic amines) is 1. The minimum Gasteiger partial charge on any atom is -0.444 e. The third-order valence-corrected chi connectivity index (χ3v) is 4.58. The van der Waals surface area contributed by atoms with Gasteiger partial charge in [0.25, 0.3) is 0 Å². The van der Waals surface area contributed by atoms with Gasteiger partial charge in [-0.1, -0.05) is 12.1 Å². The molecule has 6 heteroatoms. The first-order chi connectivity index (χ1) is 10.6. The van der Waals surface area contributed by atoms with E-state index in [-0.39, 0.29) is 18.5 Å². The van der Waals surface area contributed by atoms with E-state index in [9.17, 15) is 9.18 Å². The number of hydrogen-bond donors (Lipinski definition) is 0. The number of benzene rings is 1. The largest absolute Gasteiger partial charge is 0.444 e. The van der Waals surface area contributed by atoms with Gasteiger partial charge in [0.05, 0.1) is 23.2 Å². The minimum atomic E-state index is -0.511. The normalized spacial score (nSPS) is 21.6. The molecule has 0 N–H and O–H groups in total. The molecule has 0 aliphatic carbocycles. The molecule has 1 aliphatic heterocycles. The summed E-state index contributed by atoms with van der Waals surface area (Å²) in [6, 6.07) is 4.87. The lowest BCUT2D eigenvalue weighted by Gasteiger charge is -2.27. The highest BCUT2D eigenvalue weighted by atomic mass is 79.9. The Bertz CT molecular complexity index is 588. The highest BCUT2D eigenvalue weighted by Crippen LogP contribution is 2.29. The third kappa shape index (κ3) is 4.91. The Kier molecular flexibility index (Phi) is 5.36. The molecule has 4 nitrogen and oxygen atoms in total. The Hall–Kier alpha value is -1.14. The van der Waals surface area contributed by atoms with Crippen LogP contribution in [0.25, 0.3) is 0 Å². The van der Waals surface area contributed by atoms with Crippen LogP contribution in [0.4, 0.5) is 9.18 Å². The van der Waals surface area contributed by atoms with Crippen LogP contribution in [0.15, 0.2) is 22.7 Å². The Morgan fingerprint density at radius 1 is 1.43 bits per heavy atom. The lowest BCUT2D eigenvalue weighted by Crippen LogP contribution is -2.39. The monoisotopic (exact) mass is 387 g/mol. The zero-order chi connectivity index (χ0) is 17.3. The van der Waals surface area contributed by atoms with Crippen LogP contribution in [0.1, 0.15) is 39.7 Å². The first-order valence-corrected chi connectivity index (χ1v) is 8.44. The summed E-state index contributed by atoms with van der Waals surface area (Å²) in [6.07, 6.45) is 0.399. The first-order valence-electron chi connectivity index (χ1n) is 7.64. The number of amides is 1. The molecule has 2 rings (SSSR count). The van der Waals surface area contributed by atoms with E-state index in [1.807, 2.05) is 33.8 Å². The maximum atomic E-state index is 13.5. The molecular formula is C17H23BrFNO3. The van der Waals surface area contributed by atoms with E-state index in [1.54, 1.807) is 11.0 Å². The average Bonchev–Trinajstić information content (AvgIpc) is 2.82. The van der Waals surface area contributed by atoms with Crippen molar-refractivity contribution >= 4 is 22.0 Å². The lowest BCUT2D eigenvalue weighted by molar-refractivity contribution is -0.0377. The second-order valence-corrected chi connectivity index (χ2v) is 7.90. The third-order valence-electron chi connectivity index (χ3n) is 3.70. The number of ether oxygens (including phenoxy) is 2. The molecule has 1 aromatic carbocycles. The summed E-state index contributed by atoms with van der Waals surface area (Å²) in [5.74, 6) is -0.307. The average molecular weight is 388 g/mol. The molecule has 1 amide bonds. The summed E-state index contributed by atoms with van der Waals surface area (Å²) in [7, 11) is 0. The Balaban J connectivity index is 1.94. The van der Waals surface area contributed by atoms with Crippen LogP contribution in [0.2, 0.25) is 0 Å². The molecule has 1 aliphatic rings. The predicted molar refractivity (Wildman–Crippen MR) is 89.7 cm³/mol. The molecule has 0 radical (unpaired) electrons. The molecule has 23 heavy (non-hydrogen) atoms. The molecule has 1 fully saturated rings. The van der Waals surface area contributed by atoms with Crippen LogP contribution in [-0.2, 0) is 16.1 Å².